The maximum absolute atomic E-state index is 9.49. The predicted molar refractivity (Wildman–Crippen MR) is 69.0 cm³/mol. The van der Waals surface area contributed by atoms with Crippen LogP contribution in [-0.4, -0.2) is 14.9 Å². The summed E-state index contributed by atoms with van der Waals surface area (Å²) >= 11 is 0. The summed E-state index contributed by atoms with van der Waals surface area (Å²) < 4.78 is 1.97. The molecule has 0 bridgehead atoms. The van der Waals surface area contributed by atoms with Crippen molar-refractivity contribution in [1.29, 1.82) is 0 Å². The maximum Gasteiger partial charge on any atom is 0.118 e. The number of phenolic OH excluding ortho intramolecular Hbond substituents is 1. The molecule has 0 unspecified atom stereocenters. The first kappa shape index (κ1) is 11.7. The van der Waals surface area contributed by atoms with Crippen molar-refractivity contribution in [1.82, 2.24) is 9.78 Å². The quantitative estimate of drug-likeness (QED) is 0.874. The first-order chi connectivity index (χ1) is 8.20. The highest BCUT2D eigenvalue weighted by Crippen LogP contribution is 2.24. The molecule has 0 aliphatic rings. The number of aromatic nitrogens is 2. The Morgan fingerprint density at radius 3 is 2.82 bits per heavy atom. The van der Waals surface area contributed by atoms with Gasteiger partial charge in [-0.1, -0.05) is 19.4 Å². The highest BCUT2D eigenvalue weighted by molar-refractivity contribution is 5.64. The lowest BCUT2D eigenvalue weighted by atomic mass is 10.1. The normalized spacial score (nSPS) is 10.7. The molecular formula is C14H18N2O. The van der Waals surface area contributed by atoms with E-state index in [1.807, 2.05) is 29.9 Å². The molecule has 1 heterocycles. The van der Waals surface area contributed by atoms with Crippen molar-refractivity contribution in [2.24, 2.45) is 0 Å². The molecule has 1 aromatic heterocycles. The van der Waals surface area contributed by atoms with Crippen LogP contribution >= 0.6 is 0 Å². The molecule has 17 heavy (non-hydrogen) atoms. The minimum absolute atomic E-state index is 0.340. The smallest absolute Gasteiger partial charge is 0.118 e. The van der Waals surface area contributed by atoms with Crippen molar-refractivity contribution in [3.63, 3.8) is 0 Å². The number of aromatic hydroxyl groups is 1. The maximum atomic E-state index is 9.49. The Morgan fingerprint density at radius 2 is 2.12 bits per heavy atom. The van der Waals surface area contributed by atoms with Gasteiger partial charge in [0.05, 0.1) is 6.20 Å². The fourth-order valence-corrected chi connectivity index (χ4v) is 1.79. The van der Waals surface area contributed by atoms with E-state index in [0.29, 0.717) is 5.75 Å². The predicted octanol–water partition coefficient (Wildman–Crippen LogP) is 3.36. The van der Waals surface area contributed by atoms with Gasteiger partial charge >= 0.3 is 0 Å². The summed E-state index contributed by atoms with van der Waals surface area (Å²) in [5.41, 5.74) is 3.09. The van der Waals surface area contributed by atoms with E-state index in [4.69, 9.17) is 0 Å². The molecule has 90 valence electrons. The summed E-state index contributed by atoms with van der Waals surface area (Å²) in [6, 6.07) is 5.63. The molecule has 1 N–H and O–H groups in total. The van der Waals surface area contributed by atoms with Gasteiger partial charge in [0.25, 0.3) is 0 Å². The molecule has 2 aromatic rings. The third-order valence-corrected chi connectivity index (χ3v) is 2.90. The Labute approximate surface area is 102 Å². The Balaban J connectivity index is 2.21. The van der Waals surface area contributed by atoms with Gasteiger partial charge < -0.3 is 5.11 Å². The molecule has 1 aromatic carbocycles. The van der Waals surface area contributed by atoms with Crippen LogP contribution in [0.15, 0.2) is 30.6 Å². The van der Waals surface area contributed by atoms with Crippen LogP contribution in [0, 0.1) is 6.92 Å². The van der Waals surface area contributed by atoms with Crippen molar-refractivity contribution < 1.29 is 5.11 Å². The molecule has 0 atom stereocenters. The van der Waals surface area contributed by atoms with E-state index >= 15 is 0 Å². The van der Waals surface area contributed by atoms with Gasteiger partial charge in [0.2, 0.25) is 0 Å². The van der Waals surface area contributed by atoms with Gasteiger partial charge in [-0.3, -0.25) is 4.68 Å². The van der Waals surface area contributed by atoms with E-state index in [1.54, 1.807) is 6.07 Å². The number of nitrogens with zero attached hydrogens (tertiary/aromatic N) is 2. The Morgan fingerprint density at radius 1 is 1.29 bits per heavy atom. The van der Waals surface area contributed by atoms with E-state index in [0.717, 1.165) is 29.7 Å². The third kappa shape index (κ3) is 2.67. The largest absolute Gasteiger partial charge is 0.508 e. The molecule has 0 aliphatic heterocycles. The van der Waals surface area contributed by atoms with Crippen LogP contribution in [0.25, 0.3) is 11.1 Å². The summed E-state index contributed by atoms with van der Waals surface area (Å²) in [6.45, 7) is 5.04. The molecule has 0 spiro atoms. The van der Waals surface area contributed by atoms with Gasteiger partial charge in [0.1, 0.15) is 5.75 Å². The van der Waals surface area contributed by atoms with E-state index < -0.39 is 0 Å². The SMILES string of the molecule is CCCCn1cc(-c2ccc(O)c(C)c2)cn1. The fraction of sp³-hybridized carbons (Fsp3) is 0.357. The number of phenols is 1. The molecule has 2 rings (SSSR count). The highest BCUT2D eigenvalue weighted by atomic mass is 16.3. The first-order valence-corrected chi connectivity index (χ1v) is 6.03. The van der Waals surface area contributed by atoms with E-state index in [2.05, 4.69) is 18.2 Å². The highest BCUT2D eigenvalue weighted by Gasteiger charge is 2.03. The Bertz CT molecular complexity index is 503. The van der Waals surface area contributed by atoms with Crippen molar-refractivity contribution >= 4 is 0 Å². The number of hydrogen-bond donors (Lipinski definition) is 1. The van der Waals surface area contributed by atoms with Crippen LogP contribution in [-0.2, 0) is 6.54 Å². The third-order valence-electron chi connectivity index (χ3n) is 2.90. The molecule has 0 radical (unpaired) electrons. The van der Waals surface area contributed by atoms with E-state index in [-0.39, 0.29) is 0 Å². The van der Waals surface area contributed by atoms with Crippen molar-refractivity contribution in [3.05, 3.63) is 36.2 Å². The van der Waals surface area contributed by atoms with Crippen molar-refractivity contribution in [3.8, 4) is 16.9 Å². The molecule has 0 aliphatic carbocycles. The standard InChI is InChI=1S/C14H18N2O/c1-3-4-7-16-10-13(9-15-16)12-5-6-14(17)11(2)8-12/h5-6,8-10,17H,3-4,7H2,1-2H3. The van der Waals surface area contributed by atoms with Gasteiger partial charge in [-0.15, -0.1) is 0 Å². The van der Waals surface area contributed by atoms with Gasteiger partial charge in [0.15, 0.2) is 0 Å². The average molecular weight is 230 g/mol. The molecule has 3 heteroatoms. The lowest BCUT2D eigenvalue weighted by Gasteiger charge is -2.02. The van der Waals surface area contributed by atoms with Crippen LogP contribution in [0.4, 0.5) is 0 Å². The molecule has 0 saturated carbocycles. The number of benzene rings is 1. The van der Waals surface area contributed by atoms with Crippen LogP contribution < -0.4 is 0 Å². The minimum atomic E-state index is 0.340. The summed E-state index contributed by atoms with van der Waals surface area (Å²) in [4.78, 5) is 0. The average Bonchev–Trinajstić information content (AvgIpc) is 2.79. The number of aryl methyl sites for hydroxylation is 2. The summed E-state index contributed by atoms with van der Waals surface area (Å²) in [5, 5.41) is 13.8. The van der Waals surface area contributed by atoms with Crippen LogP contribution in [0.2, 0.25) is 0 Å². The summed E-state index contributed by atoms with van der Waals surface area (Å²) in [7, 11) is 0. The Kier molecular flexibility index (Phi) is 3.47. The van der Waals surface area contributed by atoms with Gasteiger partial charge in [-0.2, -0.15) is 5.10 Å². The van der Waals surface area contributed by atoms with Crippen molar-refractivity contribution in [2.45, 2.75) is 33.2 Å². The Hall–Kier alpha value is -1.77. The molecule has 0 fully saturated rings. The summed E-state index contributed by atoms with van der Waals surface area (Å²) in [6.07, 6.45) is 6.26. The first-order valence-electron chi connectivity index (χ1n) is 6.03. The molecule has 0 amide bonds. The number of rotatable bonds is 4. The fourth-order valence-electron chi connectivity index (χ4n) is 1.79. The molecular weight excluding hydrogens is 212 g/mol. The molecule has 0 saturated heterocycles. The minimum Gasteiger partial charge on any atom is -0.508 e. The molecule has 3 nitrogen and oxygen atoms in total. The zero-order chi connectivity index (χ0) is 12.3. The summed E-state index contributed by atoms with van der Waals surface area (Å²) in [5.74, 6) is 0.340. The lowest BCUT2D eigenvalue weighted by Crippen LogP contribution is -1.96. The zero-order valence-electron chi connectivity index (χ0n) is 10.3. The number of hydrogen-bond acceptors (Lipinski definition) is 2. The van der Waals surface area contributed by atoms with Crippen LogP contribution in [0.1, 0.15) is 25.3 Å². The second-order valence-electron chi connectivity index (χ2n) is 4.35. The van der Waals surface area contributed by atoms with Gasteiger partial charge in [-0.05, 0) is 36.6 Å². The lowest BCUT2D eigenvalue weighted by molar-refractivity contribution is 0.471. The van der Waals surface area contributed by atoms with Gasteiger partial charge in [0, 0.05) is 18.3 Å². The van der Waals surface area contributed by atoms with Crippen LogP contribution in [0.3, 0.4) is 0 Å². The number of unbranched alkanes of at least 4 members (excludes halogenated alkanes) is 1. The topological polar surface area (TPSA) is 38.0 Å². The van der Waals surface area contributed by atoms with Crippen molar-refractivity contribution in [2.75, 3.05) is 0 Å². The van der Waals surface area contributed by atoms with E-state index in [9.17, 15) is 5.11 Å². The van der Waals surface area contributed by atoms with E-state index in [1.165, 1.54) is 6.42 Å². The zero-order valence-corrected chi connectivity index (χ0v) is 10.3. The second-order valence-corrected chi connectivity index (χ2v) is 4.35. The monoisotopic (exact) mass is 230 g/mol. The second kappa shape index (κ2) is 5.04. The van der Waals surface area contributed by atoms with Gasteiger partial charge in [-0.25, -0.2) is 0 Å². The van der Waals surface area contributed by atoms with Crippen LogP contribution in [0.5, 0.6) is 5.75 Å².